The van der Waals surface area contributed by atoms with Gasteiger partial charge in [0.2, 0.25) is 0 Å². The third kappa shape index (κ3) is 7.93. The standard InChI is InChI=1S/C38H38FN3O3S/c1-5-6-7-24-8-12-26(13-9-24)28-16-17-30(31(39)21-28)29-22-40-35(41-23-29)27-14-10-25(11-15-27)20-32(37(44)45)42-36(43)33-18-19-34(46-33)38(2,3)4/h8-19,21-23,32H,5-7,20H2,1-4H3,(H,42,43)(H,44,45)/t32-/m0/s1. The molecule has 6 nitrogen and oxygen atoms in total. The van der Waals surface area contributed by atoms with Crippen molar-refractivity contribution in [3.05, 3.63) is 118 Å². The predicted molar refractivity (Wildman–Crippen MR) is 183 cm³/mol. The number of nitrogens with zero attached hydrogens (tertiary/aromatic N) is 2. The number of aryl methyl sites for hydroxylation is 1. The first-order valence-electron chi connectivity index (χ1n) is 15.5. The molecule has 0 saturated heterocycles. The number of carbonyl (C=O) groups is 2. The molecule has 0 radical (unpaired) electrons. The molecular formula is C38H38FN3O3S. The van der Waals surface area contributed by atoms with Gasteiger partial charge in [-0.3, -0.25) is 4.79 Å². The number of aliphatic carboxylic acids is 1. The third-order valence-corrected chi connectivity index (χ3v) is 9.37. The Kier molecular flexibility index (Phi) is 10.1. The molecule has 0 aliphatic rings. The number of thiophene rings is 1. The van der Waals surface area contributed by atoms with Crippen molar-refractivity contribution in [2.24, 2.45) is 0 Å². The molecule has 0 aliphatic heterocycles. The highest BCUT2D eigenvalue weighted by atomic mass is 32.1. The fourth-order valence-corrected chi connectivity index (χ4v) is 6.07. The number of hydrogen-bond acceptors (Lipinski definition) is 5. The van der Waals surface area contributed by atoms with Gasteiger partial charge in [-0.05, 0) is 58.7 Å². The van der Waals surface area contributed by atoms with Gasteiger partial charge in [-0.25, -0.2) is 19.2 Å². The molecule has 236 valence electrons. The van der Waals surface area contributed by atoms with Crippen molar-refractivity contribution in [1.82, 2.24) is 15.3 Å². The van der Waals surface area contributed by atoms with E-state index >= 15 is 4.39 Å². The molecule has 0 bridgehead atoms. The van der Waals surface area contributed by atoms with Crippen molar-refractivity contribution in [1.29, 1.82) is 0 Å². The zero-order valence-electron chi connectivity index (χ0n) is 26.5. The lowest BCUT2D eigenvalue weighted by molar-refractivity contribution is -0.139. The van der Waals surface area contributed by atoms with Crippen molar-refractivity contribution >= 4 is 23.2 Å². The minimum absolute atomic E-state index is 0.0933. The van der Waals surface area contributed by atoms with E-state index in [0.29, 0.717) is 21.8 Å². The highest BCUT2D eigenvalue weighted by molar-refractivity contribution is 7.14. The first kappa shape index (κ1) is 32.7. The molecule has 46 heavy (non-hydrogen) atoms. The van der Waals surface area contributed by atoms with Gasteiger partial charge in [0.05, 0.1) is 4.88 Å². The fraction of sp³-hybridized carbons (Fsp3) is 0.263. The van der Waals surface area contributed by atoms with Gasteiger partial charge in [0.25, 0.3) is 5.91 Å². The molecule has 2 heterocycles. The van der Waals surface area contributed by atoms with E-state index in [1.807, 2.05) is 36.4 Å². The van der Waals surface area contributed by atoms with E-state index in [4.69, 9.17) is 0 Å². The Balaban J connectivity index is 1.23. The van der Waals surface area contributed by atoms with Crippen molar-refractivity contribution in [2.45, 2.75) is 64.8 Å². The molecule has 2 aromatic heterocycles. The summed E-state index contributed by atoms with van der Waals surface area (Å²) in [6, 6.07) is 23.2. The van der Waals surface area contributed by atoms with Crippen LogP contribution in [0.5, 0.6) is 0 Å². The van der Waals surface area contributed by atoms with E-state index in [1.54, 1.807) is 42.7 Å². The quantitative estimate of drug-likeness (QED) is 0.151. The second kappa shape index (κ2) is 14.2. The Bertz CT molecular complexity index is 1810. The lowest BCUT2D eigenvalue weighted by Crippen LogP contribution is -2.42. The largest absolute Gasteiger partial charge is 0.480 e. The number of halogens is 1. The van der Waals surface area contributed by atoms with E-state index in [2.05, 4.69) is 55.1 Å². The first-order valence-corrected chi connectivity index (χ1v) is 16.3. The molecule has 0 spiro atoms. The Morgan fingerprint density at radius 2 is 1.48 bits per heavy atom. The van der Waals surface area contributed by atoms with E-state index in [1.165, 1.54) is 16.9 Å². The van der Waals surface area contributed by atoms with Gasteiger partial charge in [-0.15, -0.1) is 11.3 Å². The summed E-state index contributed by atoms with van der Waals surface area (Å²) in [4.78, 5) is 35.2. The SMILES string of the molecule is CCCCc1ccc(-c2ccc(-c3cnc(-c4ccc(C[C@H](NC(=O)c5ccc(C(C)(C)C)s5)C(=O)O)cc4)nc3)c(F)c2)cc1. The monoisotopic (exact) mass is 635 g/mol. The van der Waals surface area contributed by atoms with Gasteiger partial charge in [-0.2, -0.15) is 0 Å². The molecule has 0 aliphatic carbocycles. The van der Waals surface area contributed by atoms with E-state index in [-0.39, 0.29) is 17.7 Å². The van der Waals surface area contributed by atoms with Crippen LogP contribution >= 0.6 is 11.3 Å². The van der Waals surface area contributed by atoms with Gasteiger partial charge >= 0.3 is 5.97 Å². The summed E-state index contributed by atoms with van der Waals surface area (Å²) in [6.07, 6.45) is 6.67. The lowest BCUT2D eigenvalue weighted by Gasteiger charge is -2.16. The Hall–Kier alpha value is -4.69. The number of benzene rings is 3. The van der Waals surface area contributed by atoms with Crippen LogP contribution in [-0.2, 0) is 23.1 Å². The van der Waals surface area contributed by atoms with Gasteiger partial charge < -0.3 is 10.4 Å². The van der Waals surface area contributed by atoms with Crippen LogP contribution in [-0.4, -0.2) is 33.0 Å². The van der Waals surface area contributed by atoms with Crippen LogP contribution in [0, 0.1) is 5.82 Å². The third-order valence-electron chi connectivity index (χ3n) is 7.86. The smallest absolute Gasteiger partial charge is 0.326 e. The Morgan fingerprint density at radius 3 is 2.07 bits per heavy atom. The van der Waals surface area contributed by atoms with Crippen LogP contribution in [0.25, 0.3) is 33.6 Å². The van der Waals surface area contributed by atoms with E-state index in [0.717, 1.165) is 46.4 Å². The Labute approximate surface area is 273 Å². The normalized spacial score (nSPS) is 12.1. The zero-order chi connectivity index (χ0) is 32.8. The van der Waals surface area contributed by atoms with Crippen molar-refractivity contribution in [3.8, 4) is 33.6 Å². The van der Waals surface area contributed by atoms with E-state index in [9.17, 15) is 14.7 Å². The molecule has 0 saturated carbocycles. The molecular weight excluding hydrogens is 598 g/mol. The second-order valence-corrected chi connectivity index (χ2v) is 13.6. The van der Waals surface area contributed by atoms with Crippen molar-refractivity contribution in [2.75, 3.05) is 0 Å². The number of carboxylic acid groups (broad SMARTS) is 1. The lowest BCUT2D eigenvalue weighted by atomic mass is 9.95. The van der Waals surface area contributed by atoms with Crippen LogP contribution in [0.1, 0.15) is 66.2 Å². The highest BCUT2D eigenvalue weighted by Gasteiger charge is 2.24. The molecule has 3 aromatic carbocycles. The number of nitrogens with one attached hydrogen (secondary N) is 1. The van der Waals surface area contributed by atoms with Gasteiger partial charge in [-0.1, -0.05) is 94.8 Å². The average molecular weight is 636 g/mol. The summed E-state index contributed by atoms with van der Waals surface area (Å²) in [7, 11) is 0. The van der Waals surface area contributed by atoms with Crippen molar-refractivity contribution in [3.63, 3.8) is 0 Å². The number of carboxylic acids is 1. The van der Waals surface area contributed by atoms with Gasteiger partial charge in [0, 0.05) is 40.4 Å². The minimum Gasteiger partial charge on any atom is -0.480 e. The van der Waals surface area contributed by atoms with Crippen LogP contribution in [0.3, 0.4) is 0 Å². The van der Waals surface area contributed by atoms with E-state index < -0.39 is 17.9 Å². The van der Waals surface area contributed by atoms with Crippen LogP contribution in [0.15, 0.2) is 91.3 Å². The molecule has 5 aromatic rings. The van der Waals surface area contributed by atoms with Crippen LogP contribution < -0.4 is 5.32 Å². The predicted octanol–water partition coefficient (Wildman–Crippen LogP) is 8.74. The maximum Gasteiger partial charge on any atom is 0.326 e. The molecule has 0 unspecified atom stereocenters. The highest BCUT2D eigenvalue weighted by Crippen LogP contribution is 2.30. The molecule has 1 atom stereocenters. The number of aromatic nitrogens is 2. The minimum atomic E-state index is -1.11. The maximum atomic E-state index is 15.2. The molecule has 8 heteroatoms. The van der Waals surface area contributed by atoms with Crippen LogP contribution in [0.2, 0.25) is 0 Å². The number of hydrogen-bond donors (Lipinski definition) is 2. The van der Waals surface area contributed by atoms with Crippen LogP contribution in [0.4, 0.5) is 4.39 Å². The van der Waals surface area contributed by atoms with Gasteiger partial charge in [0.1, 0.15) is 11.9 Å². The second-order valence-electron chi connectivity index (χ2n) is 12.5. The summed E-state index contributed by atoms with van der Waals surface area (Å²) in [5.74, 6) is -1.39. The van der Waals surface area contributed by atoms with Crippen molar-refractivity contribution < 1.29 is 19.1 Å². The zero-order valence-corrected chi connectivity index (χ0v) is 27.3. The first-order chi connectivity index (χ1) is 22.0. The Morgan fingerprint density at radius 1 is 0.848 bits per heavy atom. The average Bonchev–Trinajstić information content (AvgIpc) is 3.56. The number of amides is 1. The number of carbonyl (C=O) groups excluding carboxylic acids is 1. The number of unbranched alkanes of at least 4 members (excludes halogenated alkanes) is 1. The molecule has 2 N–H and O–H groups in total. The summed E-state index contributed by atoms with van der Waals surface area (Å²) < 4.78 is 15.2. The topological polar surface area (TPSA) is 92.2 Å². The summed E-state index contributed by atoms with van der Waals surface area (Å²) in [6.45, 7) is 8.37. The summed E-state index contributed by atoms with van der Waals surface area (Å²) in [5.41, 5.74) is 5.44. The van der Waals surface area contributed by atoms with Gasteiger partial charge in [0.15, 0.2) is 5.82 Å². The summed E-state index contributed by atoms with van der Waals surface area (Å²) in [5, 5.41) is 12.4. The number of rotatable bonds is 11. The molecule has 1 amide bonds. The molecule has 5 rings (SSSR count). The maximum absolute atomic E-state index is 15.2. The molecule has 0 fully saturated rings. The summed E-state index contributed by atoms with van der Waals surface area (Å²) >= 11 is 1.37. The fourth-order valence-electron chi connectivity index (χ4n) is 5.11.